The van der Waals surface area contributed by atoms with Crippen LogP contribution in [-0.4, -0.2) is 58.5 Å². The van der Waals surface area contributed by atoms with Crippen LogP contribution in [0.3, 0.4) is 0 Å². The molecule has 40 heavy (non-hydrogen) atoms. The highest BCUT2D eigenvalue weighted by molar-refractivity contribution is 7.16. The standard InChI is InChI=1S/C28H32ClN3O7S/c1-6-39-28(34)32-12-11-18-22(15-32)40-27(23(18)26(33)31-19-13-17(29)8-10-20(19)35-2)30-14-16-7-9-21(36-3)25(38-5)24(16)37-4/h7-10,13,30H,6,11-12,14-15H2,1-5H3,(H,31,33). The van der Waals surface area contributed by atoms with E-state index in [1.807, 2.05) is 6.07 Å². The Hall–Kier alpha value is -3.83. The summed E-state index contributed by atoms with van der Waals surface area (Å²) in [6, 6.07) is 8.70. The molecule has 0 saturated heterocycles. The number of carbonyl (C=O) groups is 2. The van der Waals surface area contributed by atoms with E-state index >= 15 is 0 Å². The molecular formula is C28H32ClN3O7S. The van der Waals surface area contributed by atoms with Gasteiger partial charge in [-0.05, 0) is 49.2 Å². The van der Waals surface area contributed by atoms with Gasteiger partial charge < -0.3 is 39.2 Å². The van der Waals surface area contributed by atoms with Crippen molar-refractivity contribution < 1.29 is 33.3 Å². The number of ether oxygens (including phenoxy) is 5. The van der Waals surface area contributed by atoms with Gasteiger partial charge in [0.25, 0.3) is 5.91 Å². The van der Waals surface area contributed by atoms with E-state index in [2.05, 4.69) is 10.6 Å². The summed E-state index contributed by atoms with van der Waals surface area (Å²) in [5.74, 6) is 1.72. The summed E-state index contributed by atoms with van der Waals surface area (Å²) in [6.45, 7) is 3.19. The molecule has 12 heteroatoms. The molecule has 0 aliphatic carbocycles. The average Bonchev–Trinajstić information content (AvgIpc) is 3.33. The lowest BCUT2D eigenvalue weighted by Crippen LogP contribution is -2.36. The molecule has 2 aromatic carbocycles. The Morgan fingerprint density at radius 2 is 1.73 bits per heavy atom. The molecule has 0 fully saturated rings. The Bertz CT molecular complexity index is 1390. The number of nitrogens with zero attached hydrogens (tertiary/aromatic N) is 1. The van der Waals surface area contributed by atoms with Crippen molar-refractivity contribution in [1.82, 2.24) is 4.90 Å². The van der Waals surface area contributed by atoms with Crippen molar-refractivity contribution in [2.75, 3.05) is 52.2 Å². The maximum atomic E-state index is 13.8. The van der Waals surface area contributed by atoms with Crippen molar-refractivity contribution in [2.24, 2.45) is 0 Å². The van der Waals surface area contributed by atoms with Gasteiger partial charge in [-0.25, -0.2) is 4.79 Å². The van der Waals surface area contributed by atoms with E-state index in [4.69, 9.17) is 35.3 Å². The molecule has 0 atom stereocenters. The molecule has 0 saturated carbocycles. The van der Waals surface area contributed by atoms with Crippen LogP contribution in [0.1, 0.15) is 33.3 Å². The fraction of sp³-hybridized carbons (Fsp3) is 0.357. The van der Waals surface area contributed by atoms with Crippen molar-refractivity contribution >= 4 is 45.6 Å². The van der Waals surface area contributed by atoms with Gasteiger partial charge in [-0.1, -0.05) is 11.6 Å². The lowest BCUT2D eigenvalue weighted by atomic mass is 10.0. The Balaban J connectivity index is 1.69. The number of methoxy groups -OCH3 is 4. The zero-order chi connectivity index (χ0) is 28.8. The number of benzene rings is 2. The van der Waals surface area contributed by atoms with E-state index in [0.717, 1.165) is 16.0 Å². The Morgan fingerprint density at radius 3 is 2.40 bits per heavy atom. The molecule has 0 bridgehead atoms. The number of anilines is 2. The molecular weight excluding hydrogens is 558 g/mol. The van der Waals surface area contributed by atoms with E-state index in [1.54, 1.807) is 57.4 Å². The van der Waals surface area contributed by atoms with Crippen molar-refractivity contribution in [3.8, 4) is 23.0 Å². The number of nitrogens with one attached hydrogen (secondary N) is 2. The number of amides is 2. The lowest BCUT2D eigenvalue weighted by Gasteiger charge is -2.26. The molecule has 0 unspecified atom stereocenters. The summed E-state index contributed by atoms with van der Waals surface area (Å²) in [6.07, 6.45) is 0.127. The monoisotopic (exact) mass is 589 g/mol. The second kappa shape index (κ2) is 13.0. The first-order valence-electron chi connectivity index (χ1n) is 12.6. The maximum absolute atomic E-state index is 13.8. The first kappa shape index (κ1) is 29.2. The summed E-state index contributed by atoms with van der Waals surface area (Å²) in [5.41, 5.74) is 2.65. The predicted octanol–water partition coefficient (Wildman–Crippen LogP) is 5.81. The Labute approximate surface area is 242 Å². The van der Waals surface area contributed by atoms with Crippen LogP contribution < -0.4 is 29.6 Å². The van der Waals surface area contributed by atoms with Crippen LogP contribution in [0.5, 0.6) is 23.0 Å². The third-order valence-corrected chi connectivity index (χ3v) is 7.85. The van der Waals surface area contributed by atoms with Crippen LogP contribution >= 0.6 is 22.9 Å². The van der Waals surface area contributed by atoms with Gasteiger partial charge in [-0.3, -0.25) is 4.79 Å². The van der Waals surface area contributed by atoms with Crippen molar-refractivity contribution in [1.29, 1.82) is 0 Å². The molecule has 10 nitrogen and oxygen atoms in total. The summed E-state index contributed by atoms with van der Waals surface area (Å²) >= 11 is 7.62. The number of fused-ring (bicyclic) bond motifs is 1. The molecule has 0 radical (unpaired) electrons. The van der Waals surface area contributed by atoms with Crippen molar-refractivity contribution in [3.05, 3.63) is 56.9 Å². The minimum absolute atomic E-state index is 0.293. The Kier molecular flexibility index (Phi) is 9.49. The van der Waals surface area contributed by atoms with Crippen LogP contribution in [0.25, 0.3) is 0 Å². The van der Waals surface area contributed by atoms with Crippen LogP contribution in [0.15, 0.2) is 30.3 Å². The number of carbonyl (C=O) groups excluding carboxylic acids is 2. The van der Waals surface area contributed by atoms with E-state index < -0.39 is 0 Å². The normalized spacial score (nSPS) is 12.3. The number of rotatable bonds is 10. The molecule has 214 valence electrons. The van der Waals surface area contributed by atoms with Gasteiger partial charge in [0.1, 0.15) is 10.8 Å². The number of hydrogen-bond donors (Lipinski definition) is 2. The molecule has 1 aliphatic rings. The quantitative estimate of drug-likeness (QED) is 0.305. The first-order valence-corrected chi connectivity index (χ1v) is 13.8. The summed E-state index contributed by atoms with van der Waals surface area (Å²) < 4.78 is 27.2. The van der Waals surface area contributed by atoms with Crippen molar-refractivity contribution in [2.45, 2.75) is 26.4 Å². The SMILES string of the molecule is CCOC(=O)N1CCc2c(sc(NCc3ccc(OC)c(OC)c3OC)c2C(=O)Nc2cc(Cl)ccc2OC)C1. The molecule has 4 rings (SSSR count). The minimum atomic E-state index is -0.374. The van der Waals surface area contributed by atoms with Crippen molar-refractivity contribution in [3.63, 3.8) is 0 Å². The van der Waals surface area contributed by atoms with Gasteiger partial charge in [0.2, 0.25) is 5.75 Å². The number of thiophene rings is 1. The second-order valence-electron chi connectivity index (χ2n) is 8.72. The van der Waals surface area contributed by atoms with Gasteiger partial charge in [0, 0.05) is 28.6 Å². The fourth-order valence-electron chi connectivity index (χ4n) is 4.58. The number of halogens is 1. The Morgan fingerprint density at radius 1 is 1.00 bits per heavy atom. The number of hydrogen-bond acceptors (Lipinski definition) is 9. The van der Waals surface area contributed by atoms with Crippen LogP contribution in [0.2, 0.25) is 5.02 Å². The smallest absolute Gasteiger partial charge is 0.410 e. The molecule has 2 N–H and O–H groups in total. The summed E-state index contributed by atoms with van der Waals surface area (Å²) in [5, 5.41) is 7.49. The molecule has 2 amide bonds. The first-order chi connectivity index (χ1) is 19.3. The van der Waals surface area contributed by atoms with Gasteiger partial charge in [-0.2, -0.15) is 0 Å². The van der Waals surface area contributed by atoms with Gasteiger partial charge in [-0.15, -0.1) is 11.3 Å². The molecule has 2 heterocycles. The molecule has 1 aliphatic heterocycles. The maximum Gasteiger partial charge on any atom is 0.410 e. The highest BCUT2D eigenvalue weighted by atomic mass is 35.5. The van der Waals surface area contributed by atoms with E-state index in [0.29, 0.717) is 76.9 Å². The van der Waals surface area contributed by atoms with E-state index in [9.17, 15) is 9.59 Å². The zero-order valence-electron chi connectivity index (χ0n) is 23.0. The molecule has 0 spiro atoms. The van der Waals surface area contributed by atoms with Gasteiger partial charge in [0.05, 0.1) is 52.8 Å². The third-order valence-electron chi connectivity index (χ3n) is 6.44. The zero-order valence-corrected chi connectivity index (χ0v) is 24.6. The second-order valence-corrected chi connectivity index (χ2v) is 10.3. The highest BCUT2D eigenvalue weighted by Gasteiger charge is 2.31. The minimum Gasteiger partial charge on any atom is -0.495 e. The van der Waals surface area contributed by atoms with Crippen LogP contribution in [-0.2, 0) is 24.2 Å². The molecule has 3 aromatic rings. The largest absolute Gasteiger partial charge is 0.495 e. The third kappa shape index (κ3) is 6.00. The summed E-state index contributed by atoms with van der Waals surface area (Å²) in [4.78, 5) is 28.7. The lowest BCUT2D eigenvalue weighted by molar-refractivity contribution is 0.102. The van der Waals surface area contributed by atoms with Gasteiger partial charge >= 0.3 is 6.09 Å². The topological polar surface area (TPSA) is 108 Å². The van der Waals surface area contributed by atoms with Gasteiger partial charge in [0.15, 0.2) is 11.5 Å². The van der Waals surface area contributed by atoms with Crippen LogP contribution in [0, 0.1) is 0 Å². The van der Waals surface area contributed by atoms with E-state index in [1.165, 1.54) is 18.4 Å². The van der Waals surface area contributed by atoms with Crippen LogP contribution in [0.4, 0.5) is 15.5 Å². The summed E-state index contributed by atoms with van der Waals surface area (Å²) in [7, 11) is 6.20. The predicted molar refractivity (Wildman–Crippen MR) is 155 cm³/mol. The highest BCUT2D eigenvalue weighted by Crippen LogP contribution is 2.42. The fourth-order valence-corrected chi connectivity index (χ4v) is 6.01. The van der Waals surface area contributed by atoms with E-state index in [-0.39, 0.29) is 12.0 Å². The average molecular weight is 590 g/mol. The molecule has 1 aromatic heterocycles.